The summed E-state index contributed by atoms with van der Waals surface area (Å²) in [5.74, 6) is -0.179. The summed E-state index contributed by atoms with van der Waals surface area (Å²) < 4.78 is 0. The van der Waals surface area contributed by atoms with Crippen LogP contribution in [0.15, 0.2) is 60.0 Å². The molecule has 0 unspecified atom stereocenters. The van der Waals surface area contributed by atoms with Gasteiger partial charge in [-0.15, -0.1) is 21.5 Å². The smallest absolute Gasteiger partial charge is 0.232 e. The Balaban J connectivity index is 1.42. The van der Waals surface area contributed by atoms with E-state index < -0.39 is 0 Å². The largest absolute Gasteiger partial charge is 0.300 e. The van der Waals surface area contributed by atoms with Crippen LogP contribution >= 0.6 is 34.3 Å². The average Bonchev–Trinajstić information content (AvgIpc) is 3.33. The summed E-state index contributed by atoms with van der Waals surface area (Å²) in [4.78, 5) is 16.8. The van der Waals surface area contributed by atoms with Crippen LogP contribution in [0.2, 0.25) is 5.02 Å². The maximum absolute atomic E-state index is 12.3. The highest BCUT2D eigenvalue weighted by molar-refractivity contribution is 7.18. The van der Waals surface area contributed by atoms with E-state index in [0.717, 1.165) is 21.8 Å². The number of hydrogen-bond acceptors (Lipinski definition) is 6. The normalized spacial score (nSPS) is 10.7. The van der Waals surface area contributed by atoms with Crippen molar-refractivity contribution in [3.63, 3.8) is 0 Å². The van der Waals surface area contributed by atoms with E-state index in [2.05, 4.69) is 20.5 Å². The molecule has 4 rings (SSSR count). The van der Waals surface area contributed by atoms with E-state index in [-0.39, 0.29) is 12.3 Å². The van der Waals surface area contributed by atoms with Crippen LogP contribution in [0.4, 0.5) is 5.13 Å². The Morgan fingerprint density at radius 3 is 2.59 bits per heavy atom. The Morgan fingerprint density at radius 1 is 1.00 bits per heavy atom. The molecule has 1 amide bonds. The van der Waals surface area contributed by atoms with Crippen LogP contribution in [0.5, 0.6) is 0 Å². The van der Waals surface area contributed by atoms with Crippen molar-refractivity contribution in [1.82, 2.24) is 15.2 Å². The highest BCUT2D eigenvalue weighted by Gasteiger charge is 2.13. The number of halogens is 1. The number of benzene rings is 2. The van der Waals surface area contributed by atoms with Crippen LogP contribution in [-0.2, 0) is 11.2 Å². The predicted molar refractivity (Wildman–Crippen MR) is 110 cm³/mol. The van der Waals surface area contributed by atoms with Gasteiger partial charge in [0.05, 0.1) is 17.1 Å². The van der Waals surface area contributed by atoms with Gasteiger partial charge in [-0.25, -0.2) is 4.98 Å². The van der Waals surface area contributed by atoms with Gasteiger partial charge in [0, 0.05) is 16.5 Å². The third-order valence-corrected chi connectivity index (χ3v) is 5.83. The van der Waals surface area contributed by atoms with Crippen LogP contribution in [-0.4, -0.2) is 21.1 Å². The number of carbonyl (C=O) groups excluding carboxylic acids is 1. The van der Waals surface area contributed by atoms with Crippen molar-refractivity contribution in [1.29, 1.82) is 0 Å². The van der Waals surface area contributed by atoms with Crippen molar-refractivity contribution in [2.75, 3.05) is 5.32 Å². The van der Waals surface area contributed by atoms with Gasteiger partial charge in [0.25, 0.3) is 0 Å². The fourth-order valence-electron chi connectivity index (χ4n) is 2.45. The second-order valence-electron chi connectivity index (χ2n) is 5.63. The monoisotopic (exact) mass is 412 g/mol. The number of anilines is 1. The number of hydrogen-bond donors (Lipinski definition) is 1. The zero-order chi connectivity index (χ0) is 18.6. The molecule has 0 radical (unpaired) electrons. The molecule has 27 heavy (non-hydrogen) atoms. The van der Waals surface area contributed by atoms with Gasteiger partial charge in [-0.3, -0.25) is 4.79 Å². The van der Waals surface area contributed by atoms with Gasteiger partial charge in [-0.2, -0.15) is 0 Å². The van der Waals surface area contributed by atoms with E-state index in [1.807, 2.05) is 53.9 Å². The van der Waals surface area contributed by atoms with Gasteiger partial charge in [0.2, 0.25) is 11.0 Å². The van der Waals surface area contributed by atoms with E-state index in [0.29, 0.717) is 15.2 Å². The van der Waals surface area contributed by atoms with Gasteiger partial charge >= 0.3 is 0 Å². The molecule has 0 bridgehead atoms. The molecule has 0 saturated carbocycles. The van der Waals surface area contributed by atoms with Crippen molar-refractivity contribution >= 4 is 45.3 Å². The highest BCUT2D eigenvalue weighted by atomic mass is 35.5. The SMILES string of the molecule is O=C(Cc1csc(-c2ccccc2)n1)Nc1nnc(-c2ccccc2Cl)s1. The van der Waals surface area contributed by atoms with Crippen molar-refractivity contribution in [3.05, 3.63) is 70.7 Å². The molecule has 0 saturated heterocycles. The van der Waals surface area contributed by atoms with Gasteiger partial charge < -0.3 is 5.32 Å². The number of amides is 1. The molecule has 8 heteroatoms. The zero-order valence-corrected chi connectivity index (χ0v) is 16.3. The molecule has 0 atom stereocenters. The summed E-state index contributed by atoms with van der Waals surface area (Å²) in [7, 11) is 0. The summed E-state index contributed by atoms with van der Waals surface area (Å²) in [5, 5.41) is 15.4. The summed E-state index contributed by atoms with van der Waals surface area (Å²) >= 11 is 8.99. The Labute approximate surface area is 168 Å². The second-order valence-corrected chi connectivity index (χ2v) is 7.87. The summed E-state index contributed by atoms with van der Waals surface area (Å²) in [6.45, 7) is 0. The van der Waals surface area contributed by atoms with Crippen LogP contribution in [0, 0.1) is 0 Å². The molecular formula is C19H13ClN4OS2. The van der Waals surface area contributed by atoms with Crippen molar-refractivity contribution < 1.29 is 4.79 Å². The summed E-state index contributed by atoms with van der Waals surface area (Å²) in [6.07, 6.45) is 0.185. The second kappa shape index (κ2) is 7.96. The average molecular weight is 413 g/mol. The molecule has 0 fully saturated rings. The van der Waals surface area contributed by atoms with E-state index in [1.54, 1.807) is 6.07 Å². The minimum absolute atomic E-state index is 0.179. The van der Waals surface area contributed by atoms with Crippen molar-refractivity contribution in [2.24, 2.45) is 0 Å². The lowest BCUT2D eigenvalue weighted by Crippen LogP contribution is -2.14. The molecule has 2 aromatic carbocycles. The first-order valence-corrected chi connectivity index (χ1v) is 10.1. The Bertz CT molecular complexity index is 1080. The summed E-state index contributed by atoms with van der Waals surface area (Å²) in [5.41, 5.74) is 2.57. The standard InChI is InChI=1S/C19H13ClN4OS2/c20-15-9-5-4-8-14(15)18-23-24-19(27-18)22-16(25)10-13-11-26-17(21-13)12-6-2-1-3-7-12/h1-9,11H,10H2,(H,22,24,25). The predicted octanol–water partition coefficient (Wildman–Crippen LogP) is 5.16. The number of nitrogens with zero attached hydrogens (tertiary/aromatic N) is 3. The molecular weight excluding hydrogens is 400 g/mol. The molecule has 134 valence electrons. The number of nitrogens with one attached hydrogen (secondary N) is 1. The molecule has 0 aliphatic rings. The number of carbonyl (C=O) groups is 1. The topological polar surface area (TPSA) is 67.8 Å². The summed E-state index contributed by atoms with van der Waals surface area (Å²) in [6, 6.07) is 17.3. The minimum atomic E-state index is -0.179. The first kappa shape index (κ1) is 17.8. The Kier molecular flexibility index (Phi) is 5.24. The molecule has 0 aliphatic carbocycles. The lowest BCUT2D eigenvalue weighted by Gasteiger charge is -1.99. The third-order valence-electron chi connectivity index (χ3n) is 3.69. The molecule has 2 heterocycles. The molecule has 0 spiro atoms. The van der Waals surface area contributed by atoms with Gasteiger partial charge in [0.15, 0.2) is 5.01 Å². The molecule has 2 aromatic heterocycles. The zero-order valence-electron chi connectivity index (χ0n) is 13.9. The van der Waals surface area contributed by atoms with E-state index >= 15 is 0 Å². The van der Waals surface area contributed by atoms with Gasteiger partial charge in [0.1, 0.15) is 5.01 Å². The van der Waals surface area contributed by atoms with Crippen LogP contribution in [0.3, 0.4) is 0 Å². The van der Waals surface area contributed by atoms with Crippen LogP contribution in [0.25, 0.3) is 21.1 Å². The third kappa shape index (κ3) is 4.21. The highest BCUT2D eigenvalue weighted by Crippen LogP contribution is 2.31. The van der Waals surface area contributed by atoms with Crippen LogP contribution in [0.1, 0.15) is 5.69 Å². The molecule has 4 aromatic rings. The quantitative estimate of drug-likeness (QED) is 0.491. The Hall–Kier alpha value is -2.61. The first-order chi connectivity index (χ1) is 13.2. The van der Waals surface area contributed by atoms with Crippen molar-refractivity contribution in [3.8, 4) is 21.1 Å². The fraction of sp³-hybridized carbons (Fsp3) is 0.0526. The molecule has 0 aliphatic heterocycles. The van der Waals surface area contributed by atoms with Crippen molar-refractivity contribution in [2.45, 2.75) is 6.42 Å². The minimum Gasteiger partial charge on any atom is -0.300 e. The van der Waals surface area contributed by atoms with E-state index in [4.69, 9.17) is 11.6 Å². The van der Waals surface area contributed by atoms with Crippen LogP contribution < -0.4 is 5.32 Å². The lowest BCUT2D eigenvalue weighted by atomic mass is 10.2. The number of rotatable bonds is 5. The molecule has 1 N–H and O–H groups in total. The van der Waals surface area contributed by atoms with Gasteiger partial charge in [-0.05, 0) is 6.07 Å². The van der Waals surface area contributed by atoms with E-state index in [1.165, 1.54) is 22.7 Å². The van der Waals surface area contributed by atoms with E-state index in [9.17, 15) is 4.79 Å². The fourth-order valence-corrected chi connectivity index (χ4v) is 4.35. The molecule has 5 nitrogen and oxygen atoms in total. The Morgan fingerprint density at radius 2 is 1.78 bits per heavy atom. The number of aromatic nitrogens is 3. The maximum Gasteiger partial charge on any atom is 0.232 e. The first-order valence-electron chi connectivity index (χ1n) is 8.07. The lowest BCUT2D eigenvalue weighted by molar-refractivity contribution is -0.115. The number of thiazole rings is 1. The maximum atomic E-state index is 12.3. The van der Waals surface area contributed by atoms with Gasteiger partial charge in [-0.1, -0.05) is 71.5 Å².